The number of hydrogen-bond acceptors (Lipinski definition) is 3. The fourth-order valence-corrected chi connectivity index (χ4v) is 2.93. The lowest BCUT2D eigenvalue weighted by molar-refractivity contribution is -0.126. The Hall–Kier alpha value is -0.810. The second-order valence-corrected chi connectivity index (χ2v) is 6.02. The summed E-state index contributed by atoms with van der Waals surface area (Å²) in [4.78, 5) is 14.5. The highest BCUT2D eigenvalue weighted by molar-refractivity contribution is 6.31. The van der Waals surface area contributed by atoms with E-state index in [1.165, 1.54) is 6.42 Å². The van der Waals surface area contributed by atoms with Gasteiger partial charge in [-0.3, -0.25) is 9.69 Å². The number of likely N-dealkylation sites (tertiary alicyclic amines) is 1. The van der Waals surface area contributed by atoms with E-state index in [0.29, 0.717) is 17.6 Å². The highest BCUT2D eigenvalue weighted by Crippen LogP contribution is 2.15. The van der Waals surface area contributed by atoms with Crippen LogP contribution in [0.2, 0.25) is 5.02 Å². The lowest BCUT2D eigenvalue weighted by Gasteiger charge is -2.35. The van der Waals surface area contributed by atoms with Crippen molar-refractivity contribution in [1.29, 1.82) is 0 Å². The molecule has 6 heteroatoms. The highest BCUT2D eigenvalue weighted by atomic mass is 35.5. The number of nitrogens with one attached hydrogen (secondary N) is 2. The predicted molar refractivity (Wildman–Crippen MR) is 93.7 cm³/mol. The Morgan fingerprint density at radius 3 is 2.86 bits per heavy atom. The number of amides is 1. The first-order valence-electron chi connectivity index (χ1n) is 7.54. The summed E-state index contributed by atoms with van der Waals surface area (Å²) in [6.07, 6.45) is 2.31. The minimum atomic E-state index is -0.108. The molecule has 1 aromatic rings. The summed E-state index contributed by atoms with van der Waals surface area (Å²) in [5.41, 5.74) is 0.950. The molecular weight excluding hydrogens is 321 g/mol. The standard InChI is InChI=1S/C16H24ClN3O.ClH/c1-12(20-9-5-7-14(11-20)18-2)16(21)19-10-13-6-3-4-8-15(13)17;/h3-4,6,8,12,14,18H,5,7,9-11H2,1-2H3,(H,19,21);1H. The van der Waals surface area contributed by atoms with Crippen LogP contribution in [0.25, 0.3) is 0 Å². The Morgan fingerprint density at radius 2 is 2.18 bits per heavy atom. The van der Waals surface area contributed by atoms with Crippen molar-refractivity contribution in [2.75, 3.05) is 20.1 Å². The fraction of sp³-hybridized carbons (Fsp3) is 0.562. The van der Waals surface area contributed by atoms with Gasteiger partial charge in [0.25, 0.3) is 0 Å². The topological polar surface area (TPSA) is 44.4 Å². The summed E-state index contributed by atoms with van der Waals surface area (Å²) in [5.74, 6) is 0.0617. The molecule has 124 valence electrons. The van der Waals surface area contributed by atoms with Crippen molar-refractivity contribution in [2.45, 2.75) is 38.4 Å². The molecule has 0 aliphatic carbocycles. The largest absolute Gasteiger partial charge is 0.351 e. The normalized spacial score (nSPS) is 20.0. The quantitative estimate of drug-likeness (QED) is 0.861. The Morgan fingerprint density at radius 1 is 1.45 bits per heavy atom. The van der Waals surface area contributed by atoms with Crippen LogP contribution in [-0.2, 0) is 11.3 Å². The van der Waals surface area contributed by atoms with Crippen molar-refractivity contribution in [1.82, 2.24) is 15.5 Å². The summed E-state index contributed by atoms with van der Waals surface area (Å²) < 4.78 is 0. The van der Waals surface area contributed by atoms with Gasteiger partial charge in [-0.1, -0.05) is 29.8 Å². The molecule has 4 nitrogen and oxygen atoms in total. The first kappa shape index (κ1) is 19.2. The number of carbonyl (C=O) groups excluding carboxylic acids is 1. The fourth-order valence-electron chi connectivity index (χ4n) is 2.73. The van der Waals surface area contributed by atoms with Gasteiger partial charge < -0.3 is 10.6 Å². The summed E-state index contributed by atoms with van der Waals surface area (Å²) in [6.45, 7) is 4.36. The van der Waals surface area contributed by atoms with Crippen LogP contribution in [0.5, 0.6) is 0 Å². The van der Waals surface area contributed by atoms with Crippen molar-refractivity contribution in [3.8, 4) is 0 Å². The van der Waals surface area contributed by atoms with Gasteiger partial charge in [-0.05, 0) is 45.0 Å². The Balaban J connectivity index is 0.00000242. The zero-order chi connectivity index (χ0) is 15.2. The zero-order valence-electron chi connectivity index (χ0n) is 13.1. The minimum absolute atomic E-state index is 0. The van der Waals surface area contributed by atoms with Crippen LogP contribution in [0.1, 0.15) is 25.3 Å². The van der Waals surface area contributed by atoms with E-state index in [1.54, 1.807) is 0 Å². The number of carbonyl (C=O) groups is 1. The molecule has 1 amide bonds. The van der Waals surface area contributed by atoms with Gasteiger partial charge in [-0.2, -0.15) is 0 Å². The van der Waals surface area contributed by atoms with Gasteiger partial charge in [-0.15, -0.1) is 12.4 Å². The molecule has 0 radical (unpaired) electrons. The van der Waals surface area contributed by atoms with Crippen molar-refractivity contribution in [3.05, 3.63) is 34.9 Å². The smallest absolute Gasteiger partial charge is 0.237 e. The first-order chi connectivity index (χ1) is 10.1. The monoisotopic (exact) mass is 345 g/mol. The van der Waals surface area contributed by atoms with Crippen LogP contribution < -0.4 is 10.6 Å². The summed E-state index contributed by atoms with van der Waals surface area (Å²) in [6, 6.07) is 7.97. The highest BCUT2D eigenvalue weighted by Gasteiger charge is 2.26. The van der Waals surface area contributed by atoms with Crippen molar-refractivity contribution >= 4 is 29.9 Å². The van der Waals surface area contributed by atoms with Gasteiger partial charge in [0.1, 0.15) is 0 Å². The SMILES string of the molecule is CNC1CCCN(C(C)C(=O)NCc2ccccc2Cl)C1.Cl. The number of halogens is 2. The maximum absolute atomic E-state index is 12.3. The van der Waals surface area contributed by atoms with Gasteiger partial charge >= 0.3 is 0 Å². The zero-order valence-corrected chi connectivity index (χ0v) is 14.7. The molecule has 2 unspecified atom stereocenters. The van der Waals surface area contributed by atoms with Crippen molar-refractivity contribution < 1.29 is 4.79 Å². The van der Waals surface area contributed by atoms with Crippen LogP contribution in [-0.4, -0.2) is 43.0 Å². The molecule has 2 N–H and O–H groups in total. The number of likely N-dealkylation sites (N-methyl/N-ethyl adjacent to an activating group) is 1. The molecular formula is C16H25Cl2N3O. The third-order valence-corrected chi connectivity index (χ3v) is 4.57. The van der Waals surface area contributed by atoms with Crippen molar-refractivity contribution in [2.24, 2.45) is 0 Å². The van der Waals surface area contributed by atoms with Gasteiger partial charge in [0.2, 0.25) is 5.91 Å². The molecule has 0 bridgehead atoms. The lowest BCUT2D eigenvalue weighted by atomic mass is 10.0. The van der Waals surface area contributed by atoms with Gasteiger partial charge in [0, 0.05) is 24.2 Å². The summed E-state index contributed by atoms with van der Waals surface area (Å²) in [7, 11) is 1.98. The van der Waals surface area contributed by atoms with Crippen LogP contribution in [0.3, 0.4) is 0 Å². The van der Waals surface area contributed by atoms with Gasteiger partial charge in [0.05, 0.1) is 6.04 Å². The molecule has 0 spiro atoms. The number of piperidine rings is 1. The van der Waals surface area contributed by atoms with Crippen LogP contribution >= 0.6 is 24.0 Å². The molecule has 1 saturated heterocycles. The lowest BCUT2D eigenvalue weighted by Crippen LogP contribution is -2.52. The predicted octanol–water partition coefficient (Wildman–Crippen LogP) is 2.45. The number of rotatable bonds is 5. The van der Waals surface area contributed by atoms with Crippen LogP contribution in [0, 0.1) is 0 Å². The third-order valence-electron chi connectivity index (χ3n) is 4.20. The van der Waals surface area contributed by atoms with Crippen LogP contribution in [0.4, 0.5) is 0 Å². The molecule has 2 rings (SSSR count). The molecule has 1 aliphatic rings. The van der Waals surface area contributed by atoms with E-state index < -0.39 is 0 Å². The summed E-state index contributed by atoms with van der Waals surface area (Å²) >= 11 is 6.10. The maximum atomic E-state index is 12.3. The first-order valence-corrected chi connectivity index (χ1v) is 7.92. The van der Waals surface area contributed by atoms with E-state index in [-0.39, 0.29) is 24.4 Å². The Kier molecular flexibility index (Phi) is 8.18. The number of benzene rings is 1. The molecule has 1 aliphatic heterocycles. The Labute approximate surface area is 144 Å². The second kappa shape index (κ2) is 9.36. The van der Waals surface area contributed by atoms with E-state index in [9.17, 15) is 4.79 Å². The molecule has 0 saturated carbocycles. The maximum Gasteiger partial charge on any atom is 0.237 e. The number of nitrogens with zero attached hydrogens (tertiary/aromatic N) is 1. The van der Waals surface area contributed by atoms with Crippen LogP contribution in [0.15, 0.2) is 24.3 Å². The molecule has 1 fully saturated rings. The van der Waals surface area contributed by atoms with Crippen molar-refractivity contribution in [3.63, 3.8) is 0 Å². The average Bonchev–Trinajstić information content (AvgIpc) is 2.53. The average molecular weight is 346 g/mol. The molecule has 22 heavy (non-hydrogen) atoms. The van der Waals surface area contributed by atoms with E-state index in [0.717, 1.165) is 25.1 Å². The van der Waals surface area contributed by atoms with E-state index in [4.69, 9.17) is 11.6 Å². The van der Waals surface area contributed by atoms with Gasteiger partial charge in [0.15, 0.2) is 0 Å². The third kappa shape index (κ3) is 5.13. The van der Waals surface area contributed by atoms with Gasteiger partial charge in [-0.25, -0.2) is 0 Å². The molecule has 0 aromatic heterocycles. The molecule has 1 aromatic carbocycles. The number of hydrogen-bond donors (Lipinski definition) is 2. The molecule has 2 atom stereocenters. The van der Waals surface area contributed by atoms with E-state index >= 15 is 0 Å². The van der Waals surface area contributed by atoms with E-state index in [1.807, 2.05) is 38.2 Å². The Bertz CT molecular complexity index is 484. The minimum Gasteiger partial charge on any atom is -0.351 e. The molecule has 1 heterocycles. The van der Waals surface area contributed by atoms with E-state index in [2.05, 4.69) is 15.5 Å². The second-order valence-electron chi connectivity index (χ2n) is 5.61. The summed E-state index contributed by atoms with van der Waals surface area (Å²) in [5, 5.41) is 6.98.